The third-order valence-electron chi connectivity index (χ3n) is 9.21. The van der Waals surface area contributed by atoms with Crippen molar-refractivity contribution in [2.75, 3.05) is 4.90 Å². The Bertz CT molecular complexity index is 2480. The first-order chi connectivity index (χ1) is 23.7. The van der Waals surface area contributed by atoms with E-state index in [9.17, 15) is 9.59 Å². The minimum atomic E-state index is -0.345. The number of fused-ring (bicyclic) bond motifs is 4. The predicted octanol–water partition coefficient (Wildman–Crippen LogP) is 9.98. The van der Waals surface area contributed by atoms with Gasteiger partial charge in [0.15, 0.2) is 0 Å². The van der Waals surface area contributed by atoms with Crippen molar-refractivity contribution >= 4 is 39.3 Å². The van der Waals surface area contributed by atoms with Gasteiger partial charge < -0.3 is 4.57 Å². The molecule has 0 fully saturated rings. The fourth-order valence-corrected chi connectivity index (χ4v) is 7.06. The van der Waals surface area contributed by atoms with Gasteiger partial charge in [-0.3, -0.25) is 14.6 Å². The Morgan fingerprint density at radius 1 is 0.458 bits per heavy atom. The maximum atomic E-state index is 14.7. The number of rotatable bonds is 5. The van der Waals surface area contributed by atoms with Gasteiger partial charge in [-0.05, 0) is 76.3 Å². The molecule has 226 valence electrons. The summed E-state index contributed by atoms with van der Waals surface area (Å²) in [5.41, 5.74) is 9.79. The summed E-state index contributed by atoms with van der Waals surface area (Å²) in [5, 5.41) is 2.13. The molecule has 48 heavy (non-hydrogen) atoms. The lowest BCUT2D eigenvalue weighted by molar-refractivity contribution is 0.0926. The highest BCUT2D eigenvalue weighted by molar-refractivity contribution is 6.36. The van der Waals surface area contributed by atoms with Crippen LogP contribution >= 0.6 is 0 Å². The van der Waals surface area contributed by atoms with Gasteiger partial charge in [0, 0.05) is 28.7 Å². The van der Waals surface area contributed by atoms with Crippen molar-refractivity contribution in [2.45, 2.75) is 0 Å². The lowest BCUT2D eigenvalue weighted by Gasteiger charge is -2.18. The number of para-hydroxylation sites is 2. The van der Waals surface area contributed by atoms with Crippen LogP contribution in [0.15, 0.2) is 164 Å². The van der Waals surface area contributed by atoms with E-state index in [-0.39, 0.29) is 11.8 Å². The standard InChI is InChI=1S/C43H27N3O2/c47-42-37-18-10-20-39(46-38-19-8-7-15-35(38)36-17-9-16-34(41(36)46)30-21-23-44-24-22-30)40(37)43(48)45(42)33-26-31(28-11-3-1-4-12-28)25-32(27-33)29-13-5-2-6-14-29/h1-27H. The Balaban J connectivity index is 1.27. The number of hydrogen-bond donors (Lipinski definition) is 0. The molecule has 2 amide bonds. The summed E-state index contributed by atoms with van der Waals surface area (Å²) in [6, 6.07) is 50.1. The Morgan fingerprint density at radius 2 is 1.06 bits per heavy atom. The second-order valence-corrected chi connectivity index (χ2v) is 11.9. The number of anilines is 1. The second kappa shape index (κ2) is 11.0. The van der Waals surface area contributed by atoms with Crippen LogP contribution in [0.1, 0.15) is 20.7 Å². The summed E-state index contributed by atoms with van der Waals surface area (Å²) in [4.78, 5) is 34.6. The number of imide groups is 1. The number of aromatic nitrogens is 2. The molecule has 2 aromatic heterocycles. The van der Waals surface area contributed by atoms with E-state index in [1.165, 1.54) is 4.90 Å². The first kappa shape index (κ1) is 27.7. The third kappa shape index (κ3) is 4.29. The molecule has 9 rings (SSSR count). The van der Waals surface area contributed by atoms with E-state index in [1.807, 2.05) is 109 Å². The lowest BCUT2D eigenvalue weighted by atomic mass is 9.97. The summed E-state index contributed by atoms with van der Waals surface area (Å²) in [6.45, 7) is 0. The lowest BCUT2D eigenvalue weighted by Crippen LogP contribution is -2.29. The molecular weight excluding hydrogens is 590 g/mol. The molecule has 5 nitrogen and oxygen atoms in total. The third-order valence-corrected chi connectivity index (χ3v) is 9.21. The fourth-order valence-electron chi connectivity index (χ4n) is 7.06. The topological polar surface area (TPSA) is 55.2 Å². The summed E-state index contributed by atoms with van der Waals surface area (Å²) in [6.07, 6.45) is 3.57. The molecule has 0 N–H and O–H groups in total. The highest BCUT2D eigenvalue weighted by Crippen LogP contribution is 2.42. The zero-order valence-corrected chi connectivity index (χ0v) is 25.7. The zero-order chi connectivity index (χ0) is 32.2. The molecule has 0 saturated heterocycles. The number of benzene rings is 6. The van der Waals surface area contributed by atoms with E-state index in [4.69, 9.17) is 0 Å². The zero-order valence-electron chi connectivity index (χ0n) is 25.7. The van der Waals surface area contributed by atoms with E-state index in [0.29, 0.717) is 22.5 Å². The summed E-state index contributed by atoms with van der Waals surface area (Å²) < 4.78 is 2.14. The van der Waals surface area contributed by atoms with Crippen molar-refractivity contribution in [3.63, 3.8) is 0 Å². The molecule has 0 radical (unpaired) electrons. The number of pyridine rings is 1. The van der Waals surface area contributed by atoms with Crippen LogP contribution in [0.5, 0.6) is 0 Å². The number of hydrogen-bond acceptors (Lipinski definition) is 3. The number of carbonyl (C=O) groups is 2. The van der Waals surface area contributed by atoms with Crippen LogP contribution in [0.25, 0.3) is 60.9 Å². The monoisotopic (exact) mass is 617 g/mol. The van der Waals surface area contributed by atoms with Gasteiger partial charge in [0.05, 0.1) is 33.5 Å². The van der Waals surface area contributed by atoms with Gasteiger partial charge in [0.25, 0.3) is 11.8 Å². The van der Waals surface area contributed by atoms with E-state index in [2.05, 4.69) is 45.9 Å². The van der Waals surface area contributed by atoms with Gasteiger partial charge in [-0.25, -0.2) is 4.90 Å². The van der Waals surface area contributed by atoms with E-state index in [0.717, 1.165) is 55.2 Å². The first-order valence-electron chi connectivity index (χ1n) is 15.9. The van der Waals surface area contributed by atoms with Crippen molar-refractivity contribution in [3.8, 4) is 39.1 Å². The number of amides is 2. The van der Waals surface area contributed by atoms with Gasteiger partial charge in [-0.15, -0.1) is 0 Å². The number of carbonyl (C=O) groups excluding carboxylic acids is 2. The molecule has 0 atom stereocenters. The maximum absolute atomic E-state index is 14.7. The fraction of sp³-hybridized carbons (Fsp3) is 0. The van der Waals surface area contributed by atoms with Crippen molar-refractivity contribution in [3.05, 3.63) is 175 Å². The Kier molecular flexibility index (Phi) is 6.37. The van der Waals surface area contributed by atoms with E-state index >= 15 is 0 Å². The maximum Gasteiger partial charge on any atom is 0.268 e. The molecule has 0 unspecified atom stereocenters. The van der Waals surface area contributed by atoms with Crippen LogP contribution in [-0.4, -0.2) is 21.4 Å². The van der Waals surface area contributed by atoms with Crippen LogP contribution in [0.3, 0.4) is 0 Å². The summed E-state index contributed by atoms with van der Waals surface area (Å²) in [7, 11) is 0. The smallest absolute Gasteiger partial charge is 0.268 e. The van der Waals surface area contributed by atoms with Crippen molar-refractivity contribution in [1.82, 2.24) is 9.55 Å². The molecule has 6 aromatic carbocycles. The van der Waals surface area contributed by atoms with Crippen LogP contribution in [0.4, 0.5) is 5.69 Å². The normalized spacial score (nSPS) is 12.6. The van der Waals surface area contributed by atoms with Gasteiger partial charge >= 0.3 is 0 Å². The average molecular weight is 618 g/mol. The Labute approximate surface area is 277 Å². The highest BCUT2D eigenvalue weighted by Gasteiger charge is 2.40. The molecule has 1 aliphatic heterocycles. The largest absolute Gasteiger partial charge is 0.308 e. The van der Waals surface area contributed by atoms with E-state index in [1.54, 1.807) is 18.5 Å². The van der Waals surface area contributed by atoms with Gasteiger partial charge in [-0.2, -0.15) is 0 Å². The second-order valence-electron chi connectivity index (χ2n) is 11.9. The molecule has 8 aromatic rings. The Hall–Kier alpha value is -6.59. The molecule has 0 spiro atoms. The van der Waals surface area contributed by atoms with E-state index < -0.39 is 0 Å². The number of nitrogens with zero attached hydrogens (tertiary/aromatic N) is 3. The van der Waals surface area contributed by atoms with Gasteiger partial charge in [-0.1, -0.05) is 103 Å². The molecular formula is C43H27N3O2. The predicted molar refractivity (Wildman–Crippen MR) is 192 cm³/mol. The molecule has 1 aliphatic rings. The summed E-state index contributed by atoms with van der Waals surface area (Å²) in [5.74, 6) is -0.682. The van der Waals surface area contributed by atoms with Crippen molar-refractivity contribution < 1.29 is 9.59 Å². The first-order valence-corrected chi connectivity index (χ1v) is 15.9. The minimum Gasteiger partial charge on any atom is -0.308 e. The highest BCUT2D eigenvalue weighted by atomic mass is 16.2. The molecule has 3 heterocycles. The molecule has 0 bridgehead atoms. The van der Waals surface area contributed by atoms with Gasteiger partial charge in [0.1, 0.15) is 0 Å². The Morgan fingerprint density at radius 3 is 1.77 bits per heavy atom. The quantitative estimate of drug-likeness (QED) is 0.181. The van der Waals surface area contributed by atoms with Crippen molar-refractivity contribution in [1.29, 1.82) is 0 Å². The summed E-state index contributed by atoms with van der Waals surface area (Å²) >= 11 is 0. The minimum absolute atomic E-state index is 0.337. The molecule has 0 saturated carbocycles. The molecule has 5 heteroatoms. The van der Waals surface area contributed by atoms with Crippen LogP contribution in [-0.2, 0) is 0 Å². The average Bonchev–Trinajstić information content (AvgIpc) is 3.63. The SMILES string of the molecule is O=C1c2cccc(-n3c4ccccc4c4cccc(-c5ccncc5)c43)c2C(=O)N1c1cc(-c2ccccc2)cc(-c2ccccc2)c1. The van der Waals surface area contributed by atoms with Crippen LogP contribution in [0.2, 0.25) is 0 Å². The van der Waals surface area contributed by atoms with Crippen LogP contribution < -0.4 is 4.90 Å². The van der Waals surface area contributed by atoms with Gasteiger partial charge in [0.2, 0.25) is 0 Å². The van der Waals surface area contributed by atoms with Crippen LogP contribution in [0, 0.1) is 0 Å². The van der Waals surface area contributed by atoms with Crippen molar-refractivity contribution in [2.24, 2.45) is 0 Å². The molecule has 0 aliphatic carbocycles.